The van der Waals surface area contributed by atoms with Crippen LogP contribution in [0.5, 0.6) is 0 Å². The second kappa shape index (κ2) is 3.51. The Kier molecular flexibility index (Phi) is 2.49. The summed E-state index contributed by atoms with van der Waals surface area (Å²) in [5.74, 6) is 0.874. The van der Waals surface area contributed by atoms with Crippen LogP contribution in [0.4, 0.5) is 0 Å². The van der Waals surface area contributed by atoms with E-state index in [2.05, 4.69) is 12.3 Å². The van der Waals surface area contributed by atoms with Gasteiger partial charge in [0.05, 0.1) is 0 Å². The molecule has 1 aliphatic carbocycles. The van der Waals surface area contributed by atoms with Crippen molar-refractivity contribution in [2.45, 2.75) is 38.1 Å². The standard InChI is InChI=1S/C10H19N3O/c1-10(8-3-2-4-8)7-9(14)13(12-10)6-5-11/h8,12H,2-7,11H2,1H3. The first-order chi connectivity index (χ1) is 6.65. The predicted molar refractivity (Wildman–Crippen MR) is 54.3 cm³/mol. The topological polar surface area (TPSA) is 58.4 Å². The molecule has 14 heavy (non-hydrogen) atoms. The Bertz CT molecular complexity index is 240. The van der Waals surface area contributed by atoms with E-state index >= 15 is 0 Å². The summed E-state index contributed by atoms with van der Waals surface area (Å²) < 4.78 is 0. The summed E-state index contributed by atoms with van der Waals surface area (Å²) in [7, 11) is 0. The first-order valence-corrected chi connectivity index (χ1v) is 5.44. The molecule has 1 amide bonds. The summed E-state index contributed by atoms with van der Waals surface area (Å²) >= 11 is 0. The third-order valence-electron chi connectivity index (χ3n) is 3.57. The average molecular weight is 197 g/mol. The monoisotopic (exact) mass is 197 g/mol. The molecule has 2 rings (SSSR count). The van der Waals surface area contributed by atoms with E-state index < -0.39 is 0 Å². The van der Waals surface area contributed by atoms with Gasteiger partial charge in [-0.05, 0) is 25.7 Å². The van der Waals surface area contributed by atoms with Crippen LogP contribution < -0.4 is 11.2 Å². The maximum Gasteiger partial charge on any atom is 0.238 e. The summed E-state index contributed by atoms with van der Waals surface area (Å²) in [5.41, 5.74) is 8.78. The molecule has 1 aliphatic heterocycles. The highest BCUT2D eigenvalue weighted by atomic mass is 16.2. The first-order valence-electron chi connectivity index (χ1n) is 5.44. The SMILES string of the molecule is CC1(C2CCC2)CC(=O)N(CCN)N1. The van der Waals surface area contributed by atoms with Crippen LogP contribution in [0.25, 0.3) is 0 Å². The van der Waals surface area contributed by atoms with Crippen molar-refractivity contribution in [3.63, 3.8) is 0 Å². The normalized spacial score (nSPS) is 33.6. The Morgan fingerprint density at radius 3 is 2.86 bits per heavy atom. The van der Waals surface area contributed by atoms with Crippen LogP contribution in [0.1, 0.15) is 32.6 Å². The maximum absolute atomic E-state index is 11.6. The molecule has 2 fully saturated rings. The van der Waals surface area contributed by atoms with Gasteiger partial charge < -0.3 is 5.73 Å². The van der Waals surface area contributed by atoms with Crippen LogP contribution in [-0.2, 0) is 4.79 Å². The van der Waals surface area contributed by atoms with E-state index in [0.717, 1.165) is 0 Å². The molecule has 0 aromatic heterocycles. The van der Waals surface area contributed by atoms with E-state index in [1.54, 1.807) is 5.01 Å². The van der Waals surface area contributed by atoms with E-state index in [1.165, 1.54) is 19.3 Å². The van der Waals surface area contributed by atoms with Gasteiger partial charge in [0.2, 0.25) is 5.91 Å². The minimum Gasteiger partial charge on any atom is -0.329 e. The Balaban J connectivity index is 1.99. The van der Waals surface area contributed by atoms with Gasteiger partial charge in [0, 0.05) is 25.0 Å². The van der Waals surface area contributed by atoms with E-state index in [-0.39, 0.29) is 11.4 Å². The Morgan fingerprint density at radius 1 is 1.64 bits per heavy atom. The van der Waals surface area contributed by atoms with E-state index in [9.17, 15) is 4.79 Å². The molecule has 1 saturated heterocycles. The zero-order chi connectivity index (χ0) is 10.2. The van der Waals surface area contributed by atoms with E-state index in [1.807, 2.05) is 0 Å². The van der Waals surface area contributed by atoms with Gasteiger partial charge in [-0.25, -0.2) is 5.43 Å². The summed E-state index contributed by atoms with van der Waals surface area (Å²) in [6.07, 6.45) is 4.46. The van der Waals surface area contributed by atoms with Gasteiger partial charge in [-0.3, -0.25) is 9.80 Å². The number of hydrogen-bond acceptors (Lipinski definition) is 3. The lowest BCUT2D eigenvalue weighted by molar-refractivity contribution is -0.129. The molecular formula is C10H19N3O. The van der Waals surface area contributed by atoms with Crippen LogP contribution in [-0.4, -0.2) is 29.5 Å². The lowest BCUT2D eigenvalue weighted by Gasteiger charge is -2.40. The van der Waals surface area contributed by atoms with Crippen LogP contribution >= 0.6 is 0 Å². The van der Waals surface area contributed by atoms with Gasteiger partial charge in [-0.2, -0.15) is 0 Å². The molecule has 0 aromatic rings. The smallest absolute Gasteiger partial charge is 0.238 e. The van der Waals surface area contributed by atoms with Crippen LogP contribution in [0.3, 0.4) is 0 Å². The van der Waals surface area contributed by atoms with Crippen molar-refractivity contribution < 1.29 is 4.79 Å². The Labute approximate surface area is 84.8 Å². The van der Waals surface area contributed by atoms with Gasteiger partial charge in [0.15, 0.2) is 0 Å². The molecule has 4 nitrogen and oxygen atoms in total. The molecule has 1 atom stereocenters. The summed E-state index contributed by atoms with van der Waals surface area (Å²) in [5, 5.41) is 1.69. The number of nitrogens with zero attached hydrogens (tertiary/aromatic N) is 1. The molecule has 4 heteroatoms. The third-order valence-corrected chi connectivity index (χ3v) is 3.57. The van der Waals surface area contributed by atoms with Gasteiger partial charge >= 0.3 is 0 Å². The Morgan fingerprint density at radius 2 is 2.36 bits per heavy atom. The van der Waals surface area contributed by atoms with Crippen molar-refractivity contribution in [3.05, 3.63) is 0 Å². The minimum absolute atomic E-state index is 0.00447. The number of rotatable bonds is 3. The number of nitrogens with one attached hydrogen (secondary N) is 1. The second-order valence-corrected chi connectivity index (χ2v) is 4.67. The molecule has 1 saturated carbocycles. The van der Waals surface area contributed by atoms with Crippen LogP contribution in [0.15, 0.2) is 0 Å². The first kappa shape index (κ1) is 9.93. The van der Waals surface area contributed by atoms with Crippen molar-refractivity contribution in [3.8, 4) is 0 Å². The summed E-state index contributed by atoms with van der Waals surface area (Å²) in [4.78, 5) is 11.6. The van der Waals surface area contributed by atoms with Crippen molar-refractivity contribution in [2.75, 3.05) is 13.1 Å². The summed E-state index contributed by atoms with van der Waals surface area (Å²) in [6.45, 7) is 3.31. The zero-order valence-corrected chi connectivity index (χ0v) is 8.75. The van der Waals surface area contributed by atoms with Crippen molar-refractivity contribution in [2.24, 2.45) is 11.7 Å². The van der Waals surface area contributed by atoms with Crippen LogP contribution in [0, 0.1) is 5.92 Å². The van der Waals surface area contributed by atoms with Crippen molar-refractivity contribution >= 4 is 5.91 Å². The lowest BCUT2D eigenvalue weighted by Crippen LogP contribution is -2.51. The fourth-order valence-electron chi connectivity index (χ4n) is 2.41. The molecule has 1 heterocycles. The zero-order valence-electron chi connectivity index (χ0n) is 8.75. The third kappa shape index (κ3) is 1.53. The quantitative estimate of drug-likeness (QED) is 0.681. The molecule has 0 aromatic carbocycles. The largest absolute Gasteiger partial charge is 0.329 e. The fraction of sp³-hybridized carbons (Fsp3) is 0.900. The highest BCUT2D eigenvalue weighted by Crippen LogP contribution is 2.40. The fourth-order valence-corrected chi connectivity index (χ4v) is 2.41. The van der Waals surface area contributed by atoms with Crippen molar-refractivity contribution in [1.29, 1.82) is 0 Å². The van der Waals surface area contributed by atoms with Crippen LogP contribution in [0.2, 0.25) is 0 Å². The number of amides is 1. The van der Waals surface area contributed by atoms with Crippen molar-refractivity contribution in [1.82, 2.24) is 10.4 Å². The molecule has 2 aliphatic rings. The molecule has 1 unspecified atom stereocenters. The van der Waals surface area contributed by atoms with Gasteiger partial charge in [-0.15, -0.1) is 0 Å². The predicted octanol–water partition coefficient (Wildman–Crippen LogP) is 0.241. The highest BCUT2D eigenvalue weighted by molar-refractivity contribution is 5.79. The van der Waals surface area contributed by atoms with Gasteiger partial charge in [0.25, 0.3) is 0 Å². The molecule has 80 valence electrons. The maximum atomic E-state index is 11.6. The van der Waals surface area contributed by atoms with Gasteiger partial charge in [0.1, 0.15) is 0 Å². The summed E-state index contributed by atoms with van der Waals surface area (Å²) in [6, 6.07) is 0. The highest BCUT2D eigenvalue weighted by Gasteiger charge is 2.46. The Hall–Kier alpha value is -0.610. The second-order valence-electron chi connectivity index (χ2n) is 4.67. The molecule has 0 spiro atoms. The number of nitrogens with two attached hydrogens (primary N) is 1. The number of hydrazine groups is 1. The van der Waals surface area contributed by atoms with Gasteiger partial charge in [-0.1, -0.05) is 6.42 Å². The van der Waals surface area contributed by atoms with E-state index in [0.29, 0.717) is 25.4 Å². The lowest BCUT2D eigenvalue weighted by atomic mass is 9.71. The molecular weight excluding hydrogens is 178 g/mol. The molecule has 0 radical (unpaired) electrons. The number of carbonyl (C=O) groups is 1. The van der Waals surface area contributed by atoms with E-state index in [4.69, 9.17) is 5.73 Å². The number of carbonyl (C=O) groups excluding carboxylic acids is 1. The average Bonchev–Trinajstić information content (AvgIpc) is 2.24. The molecule has 0 bridgehead atoms. The molecule has 3 N–H and O–H groups in total. The number of hydrogen-bond donors (Lipinski definition) is 2. The minimum atomic E-state index is 0.00447.